The highest BCUT2D eigenvalue weighted by Crippen LogP contribution is 2.32. The van der Waals surface area contributed by atoms with E-state index in [9.17, 15) is 19.2 Å². The number of anilines is 3. The first-order chi connectivity index (χ1) is 26.7. The predicted octanol–water partition coefficient (Wildman–Crippen LogP) is 4.91. The maximum Gasteiger partial charge on any atom is 0.263 e. The fourth-order valence-electron chi connectivity index (χ4n) is 9.14. The number of piperidine rings is 2. The average Bonchev–Trinajstić information content (AvgIpc) is 3.73. The van der Waals surface area contributed by atoms with Crippen LogP contribution in [0.4, 0.5) is 17.5 Å². The van der Waals surface area contributed by atoms with E-state index in [1.807, 2.05) is 12.3 Å². The topological polar surface area (TPSA) is 146 Å². The van der Waals surface area contributed by atoms with E-state index in [4.69, 9.17) is 9.97 Å². The minimum atomic E-state index is -0.258. The highest BCUT2D eigenvalue weighted by molar-refractivity contribution is 6.01. The Kier molecular flexibility index (Phi) is 10.7. The first kappa shape index (κ1) is 36.9. The van der Waals surface area contributed by atoms with Gasteiger partial charge in [0.05, 0.1) is 23.4 Å². The van der Waals surface area contributed by atoms with Crippen molar-refractivity contribution in [3.05, 3.63) is 81.4 Å². The van der Waals surface area contributed by atoms with Crippen LogP contribution in [0.25, 0.3) is 11.0 Å². The first-order valence-electron chi connectivity index (χ1n) is 20.0. The van der Waals surface area contributed by atoms with E-state index in [2.05, 4.69) is 60.6 Å². The van der Waals surface area contributed by atoms with Gasteiger partial charge >= 0.3 is 0 Å². The molecule has 1 aromatic carbocycles. The van der Waals surface area contributed by atoms with Crippen molar-refractivity contribution < 1.29 is 14.4 Å². The number of carbonyl (C=O) groups excluding carboxylic acids is 3. The molecule has 4 aromatic rings. The first-order valence-corrected chi connectivity index (χ1v) is 20.0. The summed E-state index contributed by atoms with van der Waals surface area (Å²) in [7, 11) is 0. The van der Waals surface area contributed by atoms with E-state index in [0.717, 1.165) is 94.6 Å². The summed E-state index contributed by atoms with van der Waals surface area (Å²) in [6.45, 7) is 10.5. The molecule has 3 aromatic heterocycles. The van der Waals surface area contributed by atoms with Gasteiger partial charge in [-0.15, -0.1) is 0 Å². The summed E-state index contributed by atoms with van der Waals surface area (Å²) < 4.78 is 1.73. The number of amides is 2. The molecule has 4 aliphatic rings. The van der Waals surface area contributed by atoms with Crippen molar-refractivity contribution in [1.29, 1.82) is 0 Å². The summed E-state index contributed by atoms with van der Waals surface area (Å²) in [4.78, 5) is 71.4. The molecule has 4 fully saturated rings. The predicted molar refractivity (Wildman–Crippen MR) is 212 cm³/mol. The molecule has 0 spiro atoms. The number of ketones is 1. The van der Waals surface area contributed by atoms with Crippen molar-refractivity contribution >= 4 is 46.1 Å². The molecule has 1 aliphatic carbocycles. The number of Topliss-reactive ketones (excluding diaryl/α,β-unsaturated/α-hetero) is 1. The van der Waals surface area contributed by atoms with E-state index in [1.165, 1.54) is 25.3 Å². The number of rotatable bonds is 10. The number of pyridine rings is 2. The average molecular weight is 746 g/mol. The summed E-state index contributed by atoms with van der Waals surface area (Å²) in [5, 5.41) is 6.43. The van der Waals surface area contributed by atoms with Crippen molar-refractivity contribution in [2.75, 3.05) is 56.0 Å². The number of benzene rings is 1. The fourth-order valence-corrected chi connectivity index (χ4v) is 9.14. The lowest BCUT2D eigenvalue weighted by Crippen LogP contribution is -2.53. The standard InChI is InChI=1S/C42H51N9O4/c1-27-35-26-44-42(47-39(35)51(32-5-3-4-6-32)41(55)38(27)28(2)52)45-36-13-11-33(25-43-36)50-23-21-49(22-24-50)31-16-19-48(20-17-31)18-15-29-7-9-30(10-8-29)34-12-14-37(53)46-40(34)54/h7-11,13,25-26,31-32,34H,3-6,12,14-24H2,1-2H3,(H,46,53,54)(H,43,44,45,47). The van der Waals surface area contributed by atoms with Crippen LogP contribution in [0.15, 0.2) is 53.6 Å². The third kappa shape index (κ3) is 7.90. The molecule has 55 heavy (non-hydrogen) atoms. The van der Waals surface area contributed by atoms with Gasteiger partial charge in [-0.2, -0.15) is 4.98 Å². The zero-order valence-corrected chi connectivity index (χ0v) is 31.9. The van der Waals surface area contributed by atoms with Crippen LogP contribution in [-0.4, -0.2) is 98.8 Å². The van der Waals surface area contributed by atoms with Crippen LogP contribution >= 0.6 is 0 Å². The monoisotopic (exact) mass is 745 g/mol. The number of nitrogens with zero attached hydrogens (tertiary/aromatic N) is 7. The largest absolute Gasteiger partial charge is 0.368 e. The molecule has 2 amide bonds. The van der Waals surface area contributed by atoms with Gasteiger partial charge in [0.25, 0.3) is 5.56 Å². The molecular weight excluding hydrogens is 695 g/mol. The molecule has 13 nitrogen and oxygen atoms in total. The minimum Gasteiger partial charge on any atom is -0.368 e. The van der Waals surface area contributed by atoms with Crippen molar-refractivity contribution in [2.24, 2.45) is 0 Å². The van der Waals surface area contributed by atoms with E-state index in [0.29, 0.717) is 41.9 Å². The van der Waals surface area contributed by atoms with Crippen LogP contribution in [0, 0.1) is 6.92 Å². The number of carbonyl (C=O) groups is 3. The number of piperazine rings is 1. The van der Waals surface area contributed by atoms with Crippen molar-refractivity contribution in [1.82, 2.24) is 34.6 Å². The summed E-state index contributed by atoms with van der Waals surface area (Å²) in [5.41, 5.74) is 4.52. The van der Waals surface area contributed by atoms with Gasteiger partial charge in [0.1, 0.15) is 11.5 Å². The van der Waals surface area contributed by atoms with E-state index >= 15 is 0 Å². The Balaban J connectivity index is 0.815. The van der Waals surface area contributed by atoms with Crippen LogP contribution < -0.4 is 21.1 Å². The molecule has 3 saturated heterocycles. The van der Waals surface area contributed by atoms with Crippen LogP contribution in [0.2, 0.25) is 0 Å². The second-order valence-electron chi connectivity index (χ2n) is 15.7. The second kappa shape index (κ2) is 16.0. The van der Waals surface area contributed by atoms with Crippen LogP contribution in [0.3, 0.4) is 0 Å². The molecule has 6 heterocycles. The fraction of sp³-hybridized carbons (Fsp3) is 0.500. The summed E-state index contributed by atoms with van der Waals surface area (Å²) in [6.07, 6.45) is 11.8. The Morgan fingerprint density at radius 3 is 2.27 bits per heavy atom. The summed E-state index contributed by atoms with van der Waals surface area (Å²) in [5.74, 6) is 0.180. The third-order valence-corrected chi connectivity index (χ3v) is 12.3. The molecule has 13 heteroatoms. The van der Waals surface area contributed by atoms with Gasteiger partial charge in [-0.1, -0.05) is 37.1 Å². The number of imide groups is 1. The number of likely N-dealkylation sites (tertiary alicyclic amines) is 1. The Morgan fingerprint density at radius 2 is 1.60 bits per heavy atom. The van der Waals surface area contributed by atoms with Crippen LogP contribution in [0.1, 0.15) is 97.3 Å². The lowest BCUT2D eigenvalue weighted by Gasteiger charge is -2.43. The smallest absolute Gasteiger partial charge is 0.263 e. The van der Waals surface area contributed by atoms with Gasteiger partial charge in [-0.05, 0) is 94.3 Å². The molecule has 0 radical (unpaired) electrons. The van der Waals surface area contributed by atoms with Gasteiger partial charge in [-0.3, -0.25) is 34.0 Å². The quantitative estimate of drug-likeness (QED) is 0.169. The van der Waals surface area contributed by atoms with Gasteiger partial charge in [0.2, 0.25) is 17.8 Å². The van der Waals surface area contributed by atoms with Gasteiger partial charge in [-0.25, -0.2) is 9.97 Å². The molecule has 2 N–H and O–H groups in total. The zero-order valence-electron chi connectivity index (χ0n) is 31.9. The van der Waals surface area contributed by atoms with E-state index in [1.54, 1.807) is 17.7 Å². The minimum absolute atomic E-state index is 0.0266. The third-order valence-electron chi connectivity index (χ3n) is 12.3. The summed E-state index contributed by atoms with van der Waals surface area (Å²) >= 11 is 0. The summed E-state index contributed by atoms with van der Waals surface area (Å²) in [6, 6.07) is 13.0. The van der Waals surface area contributed by atoms with Crippen LogP contribution in [-0.2, 0) is 16.0 Å². The number of nitrogens with one attached hydrogen (secondary N) is 2. The lowest BCUT2D eigenvalue weighted by molar-refractivity contribution is -0.134. The highest BCUT2D eigenvalue weighted by Gasteiger charge is 2.30. The number of fused-ring (bicyclic) bond motifs is 1. The van der Waals surface area contributed by atoms with E-state index < -0.39 is 0 Å². The van der Waals surface area contributed by atoms with Crippen LogP contribution in [0.5, 0.6) is 0 Å². The zero-order chi connectivity index (χ0) is 38.1. The molecule has 1 unspecified atom stereocenters. The molecule has 0 bridgehead atoms. The molecule has 8 rings (SSSR count). The van der Waals surface area contributed by atoms with Crippen molar-refractivity contribution in [3.8, 4) is 0 Å². The maximum absolute atomic E-state index is 13.6. The molecule has 3 aliphatic heterocycles. The number of aromatic nitrogens is 4. The maximum atomic E-state index is 13.6. The Morgan fingerprint density at radius 1 is 0.855 bits per heavy atom. The molecule has 1 atom stereocenters. The Labute approximate surface area is 321 Å². The highest BCUT2D eigenvalue weighted by atomic mass is 16.2. The van der Waals surface area contributed by atoms with Crippen molar-refractivity contribution in [3.63, 3.8) is 0 Å². The number of aryl methyl sites for hydroxylation is 1. The lowest BCUT2D eigenvalue weighted by atomic mass is 9.90. The van der Waals surface area contributed by atoms with E-state index in [-0.39, 0.29) is 40.7 Å². The van der Waals surface area contributed by atoms with Gasteiger partial charge in [0, 0.05) is 62.8 Å². The number of hydrogen-bond acceptors (Lipinski definition) is 11. The Hall–Kier alpha value is -5.01. The van der Waals surface area contributed by atoms with Gasteiger partial charge in [0.15, 0.2) is 5.78 Å². The molecular formula is C42H51N9O4. The van der Waals surface area contributed by atoms with Crippen molar-refractivity contribution in [2.45, 2.75) is 89.6 Å². The SMILES string of the molecule is CC(=O)c1c(C)c2cnc(Nc3ccc(N4CCN(C5CCN(CCc6ccc(C7CCC(=O)NC7=O)cc6)CC5)CC4)cn3)nc2n(C2CCCC2)c1=O. The molecule has 1 saturated carbocycles. The Bertz CT molecular complexity index is 2110. The number of hydrogen-bond donors (Lipinski definition) is 2. The molecule has 288 valence electrons. The van der Waals surface area contributed by atoms with Gasteiger partial charge < -0.3 is 15.1 Å². The normalized spacial score (nSPS) is 20.6. The second-order valence-corrected chi connectivity index (χ2v) is 15.7.